The lowest BCUT2D eigenvalue weighted by Crippen LogP contribution is -2.46. The van der Waals surface area contributed by atoms with Crippen LogP contribution in [0.3, 0.4) is 0 Å². The minimum Gasteiger partial charge on any atom is -0.332 e. The molecule has 0 radical (unpaired) electrons. The fourth-order valence-corrected chi connectivity index (χ4v) is 4.36. The molecule has 0 spiro atoms. The molecule has 5 heteroatoms. The molecule has 1 aromatic rings. The van der Waals surface area contributed by atoms with Crippen LogP contribution in [0.15, 0.2) is 30.3 Å². The molecule has 1 fully saturated rings. The topological polar surface area (TPSA) is 54.5 Å². The van der Waals surface area contributed by atoms with Gasteiger partial charge in [0, 0.05) is 17.6 Å². The molecule has 110 valence electrons. The second-order valence-electron chi connectivity index (χ2n) is 5.39. The van der Waals surface area contributed by atoms with Crippen LogP contribution < -0.4 is 0 Å². The molecule has 4 nitrogen and oxygen atoms in total. The number of hydrogen-bond acceptors (Lipinski definition) is 3. The Kier molecular flexibility index (Phi) is 4.48. The summed E-state index contributed by atoms with van der Waals surface area (Å²) in [6.07, 6.45) is 1.36. The molecule has 1 saturated heterocycles. The Morgan fingerprint density at radius 1 is 1.35 bits per heavy atom. The lowest BCUT2D eigenvalue weighted by Gasteiger charge is -2.33. The third kappa shape index (κ3) is 3.20. The standard InChI is InChI=1S/C15H21NO3S/c1-3-12(2)16(14-9-10-20(18,19)11-14)15(17)13-7-5-4-6-8-13/h4-8,12,14H,3,9-11H2,1-2H3/t12-,14+/m0/s1. The van der Waals surface area contributed by atoms with Gasteiger partial charge in [0.15, 0.2) is 9.84 Å². The second kappa shape index (κ2) is 5.95. The first-order valence-electron chi connectivity index (χ1n) is 7.02. The Bertz CT molecular complexity index is 568. The predicted molar refractivity (Wildman–Crippen MR) is 79.4 cm³/mol. The first kappa shape index (κ1) is 15.0. The van der Waals surface area contributed by atoms with Crippen molar-refractivity contribution in [3.05, 3.63) is 35.9 Å². The van der Waals surface area contributed by atoms with Crippen LogP contribution in [0.1, 0.15) is 37.0 Å². The largest absolute Gasteiger partial charge is 0.332 e. The molecule has 1 aromatic carbocycles. The molecule has 1 aliphatic rings. The molecule has 1 amide bonds. The number of rotatable bonds is 4. The summed E-state index contributed by atoms with van der Waals surface area (Å²) in [5.41, 5.74) is 0.622. The summed E-state index contributed by atoms with van der Waals surface area (Å²) in [7, 11) is -2.99. The van der Waals surface area contributed by atoms with Gasteiger partial charge in [-0.2, -0.15) is 0 Å². The van der Waals surface area contributed by atoms with Crippen molar-refractivity contribution in [3.63, 3.8) is 0 Å². The Hall–Kier alpha value is -1.36. The smallest absolute Gasteiger partial charge is 0.254 e. The van der Waals surface area contributed by atoms with Crippen LogP contribution in [0.4, 0.5) is 0 Å². The fourth-order valence-electron chi connectivity index (χ4n) is 2.65. The second-order valence-corrected chi connectivity index (χ2v) is 7.62. The number of hydrogen-bond donors (Lipinski definition) is 0. The van der Waals surface area contributed by atoms with Gasteiger partial charge in [0.25, 0.3) is 5.91 Å². The minimum atomic E-state index is -2.99. The highest BCUT2D eigenvalue weighted by Crippen LogP contribution is 2.23. The molecule has 1 heterocycles. The molecular weight excluding hydrogens is 274 g/mol. The van der Waals surface area contributed by atoms with Crippen LogP contribution in [0, 0.1) is 0 Å². The molecule has 1 aliphatic heterocycles. The van der Waals surface area contributed by atoms with Crippen molar-refractivity contribution in [1.29, 1.82) is 0 Å². The summed E-state index contributed by atoms with van der Waals surface area (Å²) in [4.78, 5) is 14.4. The molecular formula is C15H21NO3S. The molecule has 0 aromatic heterocycles. The zero-order chi connectivity index (χ0) is 14.8. The van der Waals surface area contributed by atoms with Crippen molar-refractivity contribution in [2.45, 2.75) is 38.8 Å². The highest BCUT2D eigenvalue weighted by atomic mass is 32.2. The first-order chi connectivity index (χ1) is 9.44. The quantitative estimate of drug-likeness (QED) is 0.855. The number of carbonyl (C=O) groups excluding carboxylic acids is 1. The first-order valence-corrected chi connectivity index (χ1v) is 8.85. The summed E-state index contributed by atoms with van der Waals surface area (Å²) in [5, 5.41) is 0. The van der Waals surface area contributed by atoms with E-state index in [2.05, 4.69) is 0 Å². The van der Waals surface area contributed by atoms with Gasteiger partial charge in [-0.3, -0.25) is 4.79 Å². The van der Waals surface area contributed by atoms with Gasteiger partial charge < -0.3 is 4.90 Å². The van der Waals surface area contributed by atoms with Crippen LogP contribution in [0.5, 0.6) is 0 Å². The molecule has 0 saturated carbocycles. The van der Waals surface area contributed by atoms with Crippen LogP contribution >= 0.6 is 0 Å². The zero-order valence-electron chi connectivity index (χ0n) is 12.0. The van der Waals surface area contributed by atoms with E-state index in [1.165, 1.54) is 0 Å². The normalized spacial score (nSPS) is 22.4. The van der Waals surface area contributed by atoms with Crippen molar-refractivity contribution in [2.24, 2.45) is 0 Å². The predicted octanol–water partition coefficient (Wildman–Crippen LogP) is 2.11. The Labute approximate surface area is 120 Å². The van der Waals surface area contributed by atoms with E-state index < -0.39 is 9.84 Å². The van der Waals surface area contributed by atoms with E-state index in [4.69, 9.17) is 0 Å². The van der Waals surface area contributed by atoms with Crippen LogP contribution in [0.25, 0.3) is 0 Å². The van der Waals surface area contributed by atoms with Gasteiger partial charge in [0.1, 0.15) is 0 Å². The van der Waals surface area contributed by atoms with E-state index in [1.807, 2.05) is 32.0 Å². The molecule has 2 rings (SSSR count). The maximum Gasteiger partial charge on any atom is 0.254 e. The number of sulfone groups is 1. The number of carbonyl (C=O) groups is 1. The van der Waals surface area contributed by atoms with Gasteiger partial charge in [-0.05, 0) is 31.9 Å². The monoisotopic (exact) mass is 295 g/mol. The number of nitrogens with zero attached hydrogens (tertiary/aromatic N) is 1. The lowest BCUT2D eigenvalue weighted by molar-refractivity contribution is 0.0610. The maximum atomic E-state index is 12.7. The number of amides is 1. The summed E-state index contributed by atoms with van der Waals surface area (Å²) in [6, 6.07) is 8.93. The summed E-state index contributed by atoms with van der Waals surface area (Å²) in [6.45, 7) is 3.99. The summed E-state index contributed by atoms with van der Waals surface area (Å²) in [5.74, 6) is 0.213. The third-order valence-corrected chi connectivity index (χ3v) is 5.67. The van der Waals surface area contributed by atoms with Gasteiger partial charge in [0.2, 0.25) is 0 Å². The van der Waals surface area contributed by atoms with E-state index in [-0.39, 0.29) is 29.5 Å². The van der Waals surface area contributed by atoms with E-state index in [9.17, 15) is 13.2 Å². The molecule has 2 atom stereocenters. The fraction of sp³-hybridized carbons (Fsp3) is 0.533. The Morgan fingerprint density at radius 3 is 2.50 bits per heavy atom. The molecule has 20 heavy (non-hydrogen) atoms. The molecule has 0 unspecified atom stereocenters. The third-order valence-electron chi connectivity index (χ3n) is 3.92. The van der Waals surface area contributed by atoms with Crippen molar-refractivity contribution < 1.29 is 13.2 Å². The van der Waals surface area contributed by atoms with Crippen molar-refractivity contribution >= 4 is 15.7 Å². The van der Waals surface area contributed by atoms with Gasteiger partial charge in [-0.1, -0.05) is 25.1 Å². The Balaban J connectivity index is 2.27. The van der Waals surface area contributed by atoms with E-state index in [0.717, 1.165) is 6.42 Å². The van der Waals surface area contributed by atoms with Gasteiger partial charge in [-0.15, -0.1) is 0 Å². The average Bonchev–Trinajstić information content (AvgIpc) is 2.79. The van der Waals surface area contributed by atoms with Gasteiger partial charge >= 0.3 is 0 Å². The van der Waals surface area contributed by atoms with E-state index >= 15 is 0 Å². The highest BCUT2D eigenvalue weighted by molar-refractivity contribution is 7.91. The van der Waals surface area contributed by atoms with E-state index in [0.29, 0.717) is 12.0 Å². The zero-order valence-corrected chi connectivity index (χ0v) is 12.8. The van der Waals surface area contributed by atoms with Crippen LogP contribution in [-0.2, 0) is 9.84 Å². The SMILES string of the molecule is CC[C@H](C)N(C(=O)c1ccccc1)[C@@H]1CCS(=O)(=O)C1. The molecule has 0 aliphatic carbocycles. The van der Waals surface area contributed by atoms with Gasteiger partial charge in [0.05, 0.1) is 11.5 Å². The summed E-state index contributed by atoms with van der Waals surface area (Å²) < 4.78 is 23.4. The van der Waals surface area contributed by atoms with Gasteiger partial charge in [-0.25, -0.2) is 8.42 Å². The van der Waals surface area contributed by atoms with Crippen LogP contribution in [-0.4, -0.2) is 42.8 Å². The Morgan fingerprint density at radius 2 is 2.00 bits per heavy atom. The molecule has 0 bridgehead atoms. The van der Waals surface area contributed by atoms with Crippen molar-refractivity contribution in [2.75, 3.05) is 11.5 Å². The summed E-state index contributed by atoms with van der Waals surface area (Å²) >= 11 is 0. The average molecular weight is 295 g/mol. The maximum absolute atomic E-state index is 12.7. The highest BCUT2D eigenvalue weighted by Gasteiger charge is 2.36. The minimum absolute atomic E-state index is 0.0426. The van der Waals surface area contributed by atoms with Crippen LogP contribution in [0.2, 0.25) is 0 Å². The lowest BCUT2D eigenvalue weighted by atomic mass is 10.1. The molecule has 0 N–H and O–H groups in total. The van der Waals surface area contributed by atoms with E-state index in [1.54, 1.807) is 17.0 Å². The number of benzene rings is 1. The van der Waals surface area contributed by atoms with Crippen molar-refractivity contribution in [1.82, 2.24) is 4.90 Å². The van der Waals surface area contributed by atoms with Crippen molar-refractivity contribution in [3.8, 4) is 0 Å².